The van der Waals surface area contributed by atoms with Gasteiger partial charge >= 0.3 is 0 Å². The van der Waals surface area contributed by atoms with Crippen LogP contribution in [0, 0.1) is 0 Å². The minimum Gasteiger partial charge on any atom is -0.506 e. The predicted octanol–water partition coefficient (Wildman–Crippen LogP) is 0.906. The maximum absolute atomic E-state index is 11.0. The molecule has 0 radical (unpaired) electrons. The van der Waals surface area contributed by atoms with Crippen molar-refractivity contribution < 1.29 is 18.6 Å². The number of phenolic OH excluding ortho intramolecular Hbond substituents is 1. The molecule has 0 saturated carbocycles. The number of aliphatic hydroxyl groups excluding tert-OH is 1. The van der Waals surface area contributed by atoms with Crippen molar-refractivity contribution in [3.63, 3.8) is 0 Å². The molecule has 0 spiro atoms. The van der Waals surface area contributed by atoms with Crippen molar-refractivity contribution in [3.8, 4) is 5.75 Å². The van der Waals surface area contributed by atoms with Gasteiger partial charge in [0.15, 0.2) is 0 Å². The van der Waals surface area contributed by atoms with Crippen molar-refractivity contribution in [2.24, 2.45) is 0 Å². The van der Waals surface area contributed by atoms with Gasteiger partial charge < -0.3 is 10.2 Å². The van der Waals surface area contributed by atoms with Crippen LogP contribution < -0.4 is 4.72 Å². The van der Waals surface area contributed by atoms with E-state index in [0.717, 1.165) is 6.26 Å². The number of sulfonamides is 1. The highest BCUT2D eigenvalue weighted by Crippen LogP contribution is 2.25. The second kappa shape index (κ2) is 5.57. The van der Waals surface area contributed by atoms with Gasteiger partial charge in [-0.05, 0) is 24.1 Å². The number of halogens is 1. The molecular weight excluding hydrogens is 266 g/mol. The van der Waals surface area contributed by atoms with Gasteiger partial charge in [0.2, 0.25) is 10.0 Å². The van der Waals surface area contributed by atoms with Gasteiger partial charge in [-0.2, -0.15) is 0 Å². The highest BCUT2D eigenvalue weighted by atomic mass is 35.5. The number of alkyl halides is 1. The van der Waals surface area contributed by atoms with E-state index in [4.69, 9.17) is 11.6 Å². The number of aromatic hydroxyl groups is 1. The summed E-state index contributed by atoms with van der Waals surface area (Å²) in [5.74, 6) is -0.0741. The van der Waals surface area contributed by atoms with Gasteiger partial charge in [0, 0.05) is 5.88 Å². The van der Waals surface area contributed by atoms with Crippen LogP contribution in [0.25, 0.3) is 0 Å². The molecule has 0 saturated heterocycles. The van der Waals surface area contributed by atoms with Crippen LogP contribution in [0.1, 0.15) is 5.56 Å². The molecule has 0 fully saturated rings. The third-order valence-electron chi connectivity index (χ3n) is 2.01. The van der Waals surface area contributed by atoms with Crippen molar-refractivity contribution in [2.75, 3.05) is 16.9 Å². The van der Waals surface area contributed by atoms with Crippen molar-refractivity contribution in [1.82, 2.24) is 0 Å². The summed E-state index contributed by atoms with van der Waals surface area (Å²) < 4.78 is 24.3. The molecule has 1 aromatic rings. The van der Waals surface area contributed by atoms with Crippen molar-refractivity contribution in [1.29, 1.82) is 0 Å². The van der Waals surface area contributed by atoms with Crippen molar-refractivity contribution in [2.45, 2.75) is 12.5 Å². The number of aliphatic hydroxyl groups is 1. The lowest BCUT2D eigenvalue weighted by molar-refractivity contribution is 0.199. The lowest BCUT2D eigenvalue weighted by Crippen LogP contribution is -2.13. The number of nitrogens with one attached hydrogen (secondary N) is 1. The summed E-state index contributed by atoms with van der Waals surface area (Å²) in [6.07, 6.45) is 0.585. The van der Waals surface area contributed by atoms with E-state index in [-0.39, 0.29) is 17.3 Å². The molecule has 1 rings (SSSR count). The van der Waals surface area contributed by atoms with E-state index in [1.54, 1.807) is 6.07 Å². The van der Waals surface area contributed by atoms with Gasteiger partial charge in [0.1, 0.15) is 5.75 Å². The molecule has 0 amide bonds. The number of phenols is 1. The predicted molar refractivity (Wildman–Crippen MR) is 67.0 cm³/mol. The summed E-state index contributed by atoms with van der Waals surface area (Å²) in [5, 5.41) is 18.8. The Morgan fingerprint density at radius 1 is 1.47 bits per heavy atom. The Labute approximate surface area is 105 Å². The molecule has 0 heterocycles. The summed E-state index contributed by atoms with van der Waals surface area (Å²) in [5.41, 5.74) is 0.772. The Bertz CT molecular complexity index is 489. The molecule has 1 atom stereocenters. The van der Waals surface area contributed by atoms with Crippen LogP contribution in [-0.2, 0) is 16.4 Å². The van der Waals surface area contributed by atoms with E-state index in [1.807, 2.05) is 0 Å². The smallest absolute Gasteiger partial charge is 0.229 e. The summed E-state index contributed by atoms with van der Waals surface area (Å²) in [6.45, 7) is 0. The summed E-state index contributed by atoms with van der Waals surface area (Å²) in [7, 11) is -3.45. The highest BCUT2D eigenvalue weighted by Gasteiger charge is 2.10. The Kier molecular flexibility index (Phi) is 4.62. The molecule has 0 aliphatic rings. The molecule has 17 heavy (non-hydrogen) atoms. The zero-order valence-corrected chi connectivity index (χ0v) is 10.8. The standard InChI is InChI=1S/C10H14ClNO4S/c1-17(15,16)12-9-5-7(2-3-10(9)14)4-8(13)6-11/h2-3,5,8,12-14H,4,6H2,1H3. The monoisotopic (exact) mass is 279 g/mol. The molecule has 3 N–H and O–H groups in total. The Hall–Kier alpha value is -0.980. The molecule has 0 bridgehead atoms. The molecule has 96 valence electrons. The molecular formula is C10H14ClNO4S. The van der Waals surface area contributed by atoms with E-state index in [2.05, 4.69) is 4.72 Å². The van der Waals surface area contributed by atoms with E-state index in [9.17, 15) is 18.6 Å². The van der Waals surface area contributed by atoms with Crippen LogP contribution >= 0.6 is 11.6 Å². The van der Waals surface area contributed by atoms with Crippen LogP contribution in [0.4, 0.5) is 5.69 Å². The van der Waals surface area contributed by atoms with Crippen LogP contribution in [0.5, 0.6) is 5.75 Å². The van der Waals surface area contributed by atoms with Crippen LogP contribution in [0.2, 0.25) is 0 Å². The maximum Gasteiger partial charge on any atom is 0.229 e. The maximum atomic E-state index is 11.0. The number of hydrogen-bond donors (Lipinski definition) is 3. The largest absolute Gasteiger partial charge is 0.506 e. The second-order valence-corrected chi connectivity index (χ2v) is 5.80. The van der Waals surface area contributed by atoms with Crippen LogP contribution in [0.15, 0.2) is 18.2 Å². The number of hydrogen-bond acceptors (Lipinski definition) is 4. The lowest BCUT2D eigenvalue weighted by Gasteiger charge is -2.10. The molecule has 7 heteroatoms. The first kappa shape index (κ1) is 14.1. The summed E-state index contributed by atoms with van der Waals surface area (Å²) >= 11 is 5.47. The zero-order valence-electron chi connectivity index (χ0n) is 9.22. The fourth-order valence-corrected chi connectivity index (χ4v) is 1.99. The van der Waals surface area contributed by atoms with Crippen LogP contribution in [-0.4, -0.2) is 36.9 Å². The first-order valence-corrected chi connectivity index (χ1v) is 7.28. The molecule has 1 aromatic carbocycles. The third kappa shape index (κ3) is 4.80. The second-order valence-electron chi connectivity index (χ2n) is 3.74. The fraction of sp³-hybridized carbons (Fsp3) is 0.400. The molecule has 5 nitrogen and oxygen atoms in total. The number of anilines is 1. The first-order chi connectivity index (χ1) is 7.81. The summed E-state index contributed by atoms with van der Waals surface area (Å²) in [6, 6.07) is 4.43. The normalized spacial score (nSPS) is 13.4. The first-order valence-electron chi connectivity index (χ1n) is 4.85. The van der Waals surface area contributed by atoms with Gasteiger partial charge in [-0.3, -0.25) is 4.72 Å². The molecule has 0 aliphatic carbocycles. The Morgan fingerprint density at radius 3 is 2.65 bits per heavy atom. The SMILES string of the molecule is CS(=O)(=O)Nc1cc(CC(O)CCl)ccc1O. The minimum atomic E-state index is -3.45. The number of benzene rings is 1. The van der Waals surface area contributed by atoms with Gasteiger partial charge in [0.25, 0.3) is 0 Å². The fourth-order valence-electron chi connectivity index (χ4n) is 1.32. The van der Waals surface area contributed by atoms with Crippen LogP contribution in [0.3, 0.4) is 0 Å². The molecule has 1 unspecified atom stereocenters. The zero-order chi connectivity index (χ0) is 13.1. The van der Waals surface area contributed by atoms with Gasteiger partial charge in [-0.25, -0.2) is 8.42 Å². The summed E-state index contributed by atoms with van der Waals surface area (Å²) in [4.78, 5) is 0. The van der Waals surface area contributed by atoms with E-state index in [0.29, 0.717) is 12.0 Å². The molecule has 0 aromatic heterocycles. The van der Waals surface area contributed by atoms with E-state index >= 15 is 0 Å². The minimum absolute atomic E-state index is 0.0896. The van der Waals surface area contributed by atoms with Gasteiger partial charge in [-0.15, -0.1) is 11.6 Å². The average Bonchev–Trinajstić information content (AvgIpc) is 2.21. The highest BCUT2D eigenvalue weighted by molar-refractivity contribution is 7.92. The van der Waals surface area contributed by atoms with Gasteiger partial charge in [-0.1, -0.05) is 6.07 Å². The van der Waals surface area contributed by atoms with E-state index in [1.165, 1.54) is 12.1 Å². The average molecular weight is 280 g/mol. The topological polar surface area (TPSA) is 86.6 Å². The van der Waals surface area contributed by atoms with Crippen molar-refractivity contribution in [3.05, 3.63) is 23.8 Å². The quantitative estimate of drug-likeness (QED) is 0.552. The Morgan fingerprint density at radius 2 is 2.12 bits per heavy atom. The lowest BCUT2D eigenvalue weighted by atomic mass is 10.1. The Balaban J connectivity index is 2.94. The van der Waals surface area contributed by atoms with Gasteiger partial charge in [0.05, 0.1) is 18.0 Å². The van der Waals surface area contributed by atoms with E-state index < -0.39 is 16.1 Å². The third-order valence-corrected chi connectivity index (χ3v) is 2.95. The number of rotatable bonds is 5. The van der Waals surface area contributed by atoms with Crippen molar-refractivity contribution >= 4 is 27.3 Å². The molecule has 0 aliphatic heterocycles.